The maximum Gasteiger partial charge on any atom is 0.238 e. The summed E-state index contributed by atoms with van der Waals surface area (Å²) in [6, 6.07) is 16.4. The molecule has 3 N–H and O–H groups in total. The molecule has 2 atom stereocenters. The predicted octanol–water partition coefficient (Wildman–Crippen LogP) is 1.75. The second kappa shape index (κ2) is 8.55. The van der Waals surface area contributed by atoms with Crippen LogP contribution >= 0.6 is 11.6 Å². The number of hydrogen-bond acceptors (Lipinski definition) is 5. The van der Waals surface area contributed by atoms with Crippen molar-refractivity contribution in [1.82, 2.24) is 25.5 Å². The zero-order valence-corrected chi connectivity index (χ0v) is 14.8. The van der Waals surface area contributed by atoms with E-state index in [9.17, 15) is 4.79 Å². The van der Waals surface area contributed by atoms with Gasteiger partial charge in [0.15, 0.2) is 0 Å². The monoisotopic (exact) mass is 370 g/mol. The van der Waals surface area contributed by atoms with Crippen molar-refractivity contribution in [3.63, 3.8) is 0 Å². The van der Waals surface area contributed by atoms with Crippen LogP contribution in [-0.4, -0.2) is 32.2 Å². The number of tetrazole rings is 1. The van der Waals surface area contributed by atoms with Gasteiger partial charge in [0.2, 0.25) is 5.91 Å². The second-order valence-corrected chi connectivity index (χ2v) is 6.38. The molecule has 0 saturated heterocycles. The highest BCUT2D eigenvalue weighted by atomic mass is 35.5. The average molecular weight is 371 g/mol. The van der Waals surface area contributed by atoms with Crippen molar-refractivity contribution < 1.29 is 4.79 Å². The molecule has 0 aliphatic rings. The Labute approximate surface area is 156 Å². The van der Waals surface area contributed by atoms with Crippen LogP contribution in [0.3, 0.4) is 0 Å². The Morgan fingerprint density at radius 2 is 1.88 bits per heavy atom. The molecular weight excluding hydrogens is 352 g/mol. The molecule has 7 nitrogen and oxygen atoms in total. The maximum absolute atomic E-state index is 12.6. The summed E-state index contributed by atoms with van der Waals surface area (Å²) in [7, 11) is 0. The van der Waals surface area contributed by atoms with Crippen LogP contribution in [0.5, 0.6) is 0 Å². The summed E-state index contributed by atoms with van der Waals surface area (Å²) < 4.78 is 1.49. The number of aromatic nitrogens is 4. The summed E-state index contributed by atoms with van der Waals surface area (Å²) in [6.45, 7) is 0. The predicted molar refractivity (Wildman–Crippen MR) is 98.3 cm³/mol. The van der Waals surface area contributed by atoms with E-state index < -0.39 is 12.2 Å². The number of rotatable bonds is 7. The molecular formula is C18H19ClN6O. The van der Waals surface area contributed by atoms with Gasteiger partial charge in [-0.25, -0.2) is 4.68 Å². The van der Waals surface area contributed by atoms with Crippen LogP contribution in [0.4, 0.5) is 0 Å². The first-order chi connectivity index (χ1) is 12.6. The van der Waals surface area contributed by atoms with Gasteiger partial charge in [-0.05, 0) is 40.1 Å². The van der Waals surface area contributed by atoms with E-state index in [1.165, 1.54) is 11.0 Å². The van der Waals surface area contributed by atoms with Crippen LogP contribution in [-0.2, 0) is 17.6 Å². The van der Waals surface area contributed by atoms with Crippen molar-refractivity contribution in [2.75, 3.05) is 0 Å². The third kappa shape index (κ3) is 4.87. The highest BCUT2D eigenvalue weighted by Crippen LogP contribution is 2.16. The van der Waals surface area contributed by atoms with Crippen molar-refractivity contribution in [1.29, 1.82) is 0 Å². The smallest absolute Gasteiger partial charge is 0.238 e. The fraction of sp³-hybridized carbons (Fsp3) is 0.222. The normalized spacial score (nSPS) is 13.2. The summed E-state index contributed by atoms with van der Waals surface area (Å²) in [5.41, 5.74) is 8.03. The molecule has 2 aromatic carbocycles. The molecule has 8 heteroatoms. The van der Waals surface area contributed by atoms with Gasteiger partial charge >= 0.3 is 0 Å². The van der Waals surface area contributed by atoms with Crippen molar-refractivity contribution in [3.05, 3.63) is 77.1 Å². The lowest BCUT2D eigenvalue weighted by molar-refractivity contribution is -0.123. The molecule has 134 valence electrons. The van der Waals surface area contributed by atoms with E-state index in [2.05, 4.69) is 20.8 Å². The molecule has 1 aromatic heterocycles. The molecule has 0 fully saturated rings. The van der Waals surface area contributed by atoms with Crippen LogP contribution in [0.2, 0.25) is 5.02 Å². The first-order valence-electron chi connectivity index (χ1n) is 8.18. The van der Waals surface area contributed by atoms with Crippen molar-refractivity contribution >= 4 is 17.5 Å². The number of carbonyl (C=O) groups is 1. The Kier molecular flexibility index (Phi) is 5.93. The molecule has 0 spiro atoms. The van der Waals surface area contributed by atoms with E-state index in [1.54, 1.807) is 6.07 Å². The lowest BCUT2D eigenvalue weighted by Crippen LogP contribution is -2.45. The largest absolute Gasteiger partial charge is 0.332 e. The summed E-state index contributed by atoms with van der Waals surface area (Å²) in [6.07, 6.45) is 1.93. The lowest BCUT2D eigenvalue weighted by Gasteiger charge is -2.21. The first kappa shape index (κ1) is 18.0. The quantitative estimate of drug-likeness (QED) is 0.660. The van der Waals surface area contributed by atoms with E-state index in [0.29, 0.717) is 17.9 Å². The number of carbonyl (C=O) groups excluding carboxylic acids is 1. The molecule has 0 radical (unpaired) electrons. The van der Waals surface area contributed by atoms with Crippen molar-refractivity contribution in [2.45, 2.75) is 25.0 Å². The van der Waals surface area contributed by atoms with Gasteiger partial charge in [-0.2, -0.15) is 0 Å². The Balaban J connectivity index is 1.70. The Bertz CT molecular complexity index is 840. The number of hydrogen-bond donors (Lipinski definition) is 2. The summed E-state index contributed by atoms with van der Waals surface area (Å²) >= 11 is 6.05. The molecule has 0 aliphatic heterocycles. The van der Waals surface area contributed by atoms with E-state index in [-0.39, 0.29) is 5.91 Å². The Morgan fingerprint density at radius 3 is 2.58 bits per heavy atom. The maximum atomic E-state index is 12.6. The number of nitrogens with two attached hydrogens (primary N) is 1. The van der Waals surface area contributed by atoms with Crippen molar-refractivity contribution in [2.24, 2.45) is 5.73 Å². The van der Waals surface area contributed by atoms with E-state index in [0.717, 1.165) is 11.1 Å². The highest BCUT2D eigenvalue weighted by molar-refractivity contribution is 6.30. The summed E-state index contributed by atoms with van der Waals surface area (Å²) in [5.74, 6) is -0.267. The second-order valence-electron chi connectivity index (χ2n) is 5.94. The summed E-state index contributed by atoms with van der Waals surface area (Å²) in [4.78, 5) is 12.6. The van der Waals surface area contributed by atoms with Crippen LogP contribution in [0.15, 0.2) is 60.9 Å². The molecule has 3 aromatic rings. The third-order valence-corrected chi connectivity index (χ3v) is 4.18. The van der Waals surface area contributed by atoms with Crippen molar-refractivity contribution in [3.8, 4) is 0 Å². The summed E-state index contributed by atoms with van der Waals surface area (Å²) in [5, 5.41) is 14.7. The van der Waals surface area contributed by atoms with Gasteiger partial charge in [-0.3, -0.25) is 4.79 Å². The van der Waals surface area contributed by atoms with Crippen LogP contribution in [0, 0.1) is 0 Å². The Hall–Kier alpha value is -2.77. The molecule has 26 heavy (non-hydrogen) atoms. The number of halogens is 1. The fourth-order valence-corrected chi connectivity index (χ4v) is 2.85. The van der Waals surface area contributed by atoms with Gasteiger partial charge in [0, 0.05) is 11.4 Å². The third-order valence-electron chi connectivity index (χ3n) is 3.95. The van der Waals surface area contributed by atoms with Crippen LogP contribution in [0.25, 0.3) is 0 Å². The molecule has 0 bridgehead atoms. The molecule has 1 amide bonds. The van der Waals surface area contributed by atoms with Gasteiger partial charge < -0.3 is 11.1 Å². The minimum Gasteiger partial charge on any atom is -0.332 e. The molecule has 1 heterocycles. The number of benzene rings is 2. The molecule has 0 aliphatic carbocycles. The average Bonchev–Trinajstić information content (AvgIpc) is 3.16. The van der Waals surface area contributed by atoms with Gasteiger partial charge in [0.25, 0.3) is 0 Å². The van der Waals surface area contributed by atoms with Crippen LogP contribution < -0.4 is 11.1 Å². The zero-order valence-electron chi connectivity index (χ0n) is 14.0. The van der Waals surface area contributed by atoms with E-state index >= 15 is 0 Å². The number of nitrogens with zero attached hydrogens (tertiary/aromatic N) is 4. The molecule has 1 unspecified atom stereocenters. The number of nitrogens with one attached hydrogen (secondary N) is 1. The Morgan fingerprint density at radius 1 is 1.12 bits per heavy atom. The molecule has 3 rings (SSSR count). The minimum atomic E-state index is -0.671. The number of amides is 1. The SMILES string of the molecule is N[C@@H](Cc1ccccc1)C(=O)NC(Cc1cccc(Cl)c1)n1cnnn1. The lowest BCUT2D eigenvalue weighted by atomic mass is 10.1. The zero-order chi connectivity index (χ0) is 18.4. The van der Waals surface area contributed by atoms with Crippen LogP contribution in [0.1, 0.15) is 17.3 Å². The van der Waals surface area contributed by atoms with Gasteiger partial charge in [0.1, 0.15) is 12.5 Å². The van der Waals surface area contributed by atoms with E-state index in [4.69, 9.17) is 17.3 Å². The minimum absolute atomic E-state index is 0.267. The van der Waals surface area contributed by atoms with E-state index in [1.807, 2.05) is 48.5 Å². The molecule has 0 saturated carbocycles. The highest BCUT2D eigenvalue weighted by Gasteiger charge is 2.21. The first-order valence-corrected chi connectivity index (χ1v) is 8.56. The van der Waals surface area contributed by atoms with Gasteiger partial charge in [-0.1, -0.05) is 54.1 Å². The standard InChI is InChI=1S/C18H19ClN6O/c19-15-8-4-7-14(9-15)11-17(25-12-21-23-24-25)22-18(26)16(20)10-13-5-2-1-3-6-13/h1-9,12,16-17H,10-11,20H2,(H,22,26)/t16-,17?/m0/s1. The van der Waals surface area contributed by atoms with Gasteiger partial charge in [-0.15, -0.1) is 5.10 Å². The van der Waals surface area contributed by atoms with Gasteiger partial charge in [0.05, 0.1) is 6.04 Å². The topological polar surface area (TPSA) is 98.7 Å². The fourth-order valence-electron chi connectivity index (χ4n) is 2.64.